The second-order valence-corrected chi connectivity index (χ2v) is 5.16. The standard InChI is InChI=1S/C18H23NO2/c1-13-6-5-7-14(2)16(13)12-19-11-15-8-9-17(20-3)18(10-15)21-4/h5-10,19H,11-12H2,1-4H3. The Labute approximate surface area is 126 Å². The van der Waals surface area contributed by atoms with Crippen molar-refractivity contribution in [1.82, 2.24) is 5.32 Å². The highest BCUT2D eigenvalue weighted by Crippen LogP contribution is 2.27. The van der Waals surface area contributed by atoms with E-state index in [1.165, 1.54) is 22.3 Å². The molecule has 0 saturated heterocycles. The van der Waals surface area contributed by atoms with Crippen molar-refractivity contribution in [3.63, 3.8) is 0 Å². The maximum absolute atomic E-state index is 5.33. The fourth-order valence-electron chi connectivity index (χ4n) is 2.45. The third-order valence-electron chi connectivity index (χ3n) is 3.72. The average molecular weight is 285 g/mol. The first-order valence-electron chi connectivity index (χ1n) is 7.12. The van der Waals surface area contributed by atoms with E-state index >= 15 is 0 Å². The van der Waals surface area contributed by atoms with Gasteiger partial charge in [0.15, 0.2) is 11.5 Å². The fourth-order valence-corrected chi connectivity index (χ4v) is 2.45. The number of methoxy groups -OCH3 is 2. The van der Waals surface area contributed by atoms with Crippen LogP contribution < -0.4 is 14.8 Å². The van der Waals surface area contributed by atoms with Gasteiger partial charge in [-0.1, -0.05) is 24.3 Å². The van der Waals surface area contributed by atoms with E-state index < -0.39 is 0 Å². The quantitative estimate of drug-likeness (QED) is 0.879. The minimum Gasteiger partial charge on any atom is -0.493 e. The van der Waals surface area contributed by atoms with Gasteiger partial charge >= 0.3 is 0 Å². The van der Waals surface area contributed by atoms with E-state index in [2.05, 4.69) is 43.4 Å². The van der Waals surface area contributed by atoms with Crippen LogP contribution in [0.3, 0.4) is 0 Å². The molecular weight excluding hydrogens is 262 g/mol. The first kappa shape index (κ1) is 15.4. The van der Waals surface area contributed by atoms with Crippen LogP contribution in [0.25, 0.3) is 0 Å². The fraction of sp³-hybridized carbons (Fsp3) is 0.333. The van der Waals surface area contributed by atoms with Crippen molar-refractivity contribution in [3.8, 4) is 11.5 Å². The van der Waals surface area contributed by atoms with Crippen LogP contribution in [0.15, 0.2) is 36.4 Å². The van der Waals surface area contributed by atoms with Gasteiger partial charge in [-0.15, -0.1) is 0 Å². The van der Waals surface area contributed by atoms with Gasteiger partial charge in [0.2, 0.25) is 0 Å². The molecule has 0 saturated carbocycles. The Morgan fingerprint density at radius 3 is 2.14 bits per heavy atom. The number of aryl methyl sites for hydroxylation is 2. The maximum atomic E-state index is 5.33. The molecule has 0 amide bonds. The molecular formula is C18H23NO2. The average Bonchev–Trinajstić information content (AvgIpc) is 2.50. The summed E-state index contributed by atoms with van der Waals surface area (Å²) >= 11 is 0. The zero-order chi connectivity index (χ0) is 15.2. The molecule has 0 spiro atoms. The van der Waals surface area contributed by atoms with Crippen LogP contribution in [0.2, 0.25) is 0 Å². The van der Waals surface area contributed by atoms with Crippen LogP contribution in [0, 0.1) is 13.8 Å². The van der Waals surface area contributed by atoms with E-state index in [4.69, 9.17) is 9.47 Å². The Kier molecular flexibility index (Phi) is 5.23. The molecule has 2 rings (SSSR count). The van der Waals surface area contributed by atoms with Gasteiger partial charge in [0, 0.05) is 13.1 Å². The molecule has 3 heteroatoms. The lowest BCUT2D eigenvalue weighted by Gasteiger charge is -2.12. The van der Waals surface area contributed by atoms with E-state index in [1.807, 2.05) is 12.1 Å². The summed E-state index contributed by atoms with van der Waals surface area (Å²) in [6, 6.07) is 12.4. The second kappa shape index (κ2) is 7.14. The Balaban J connectivity index is 2.00. The molecule has 0 aliphatic heterocycles. The summed E-state index contributed by atoms with van der Waals surface area (Å²) in [5, 5.41) is 3.49. The Morgan fingerprint density at radius 2 is 1.52 bits per heavy atom. The molecule has 0 aliphatic rings. The first-order chi connectivity index (χ1) is 10.2. The highest BCUT2D eigenvalue weighted by molar-refractivity contribution is 5.43. The van der Waals surface area contributed by atoms with E-state index in [-0.39, 0.29) is 0 Å². The van der Waals surface area contributed by atoms with E-state index in [0.29, 0.717) is 0 Å². The van der Waals surface area contributed by atoms with Crippen molar-refractivity contribution in [3.05, 3.63) is 58.7 Å². The Bertz CT molecular complexity index is 588. The number of nitrogens with one attached hydrogen (secondary N) is 1. The summed E-state index contributed by atoms with van der Waals surface area (Å²) in [6.45, 7) is 5.97. The van der Waals surface area contributed by atoms with Crippen LogP contribution in [-0.4, -0.2) is 14.2 Å². The lowest BCUT2D eigenvalue weighted by molar-refractivity contribution is 0.354. The Morgan fingerprint density at radius 1 is 0.857 bits per heavy atom. The number of ether oxygens (including phenoxy) is 2. The summed E-state index contributed by atoms with van der Waals surface area (Å²) in [6.07, 6.45) is 0. The van der Waals surface area contributed by atoms with Gasteiger partial charge in [-0.25, -0.2) is 0 Å². The van der Waals surface area contributed by atoms with Crippen LogP contribution >= 0.6 is 0 Å². The second-order valence-electron chi connectivity index (χ2n) is 5.16. The monoisotopic (exact) mass is 285 g/mol. The lowest BCUT2D eigenvalue weighted by atomic mass is 10.0. The number of hydrogen-bond acceptors (Lipinski definition) is 3. The van der Waals surface area contributed by atoms with Gasteiger partial charge in [-0.3, -0.25) is 0 Å². The molecule has 0 radical (unpaired) electrons. The molecule has 0 aliphatic carbocycles. The topological polar surface area (TPSA) is 30.5 Å². The van der Waals surface area contributed by atoms with Crippen LogP contribution in [0.4, 0.5) is 0 Å². The minimum atomic E-state index is 0.760. The molecule has 21 heavy (non-hydrogen) atoms. The van der Waals surface area contributed by atoms with Crippen molar-refractivity contribution >= 4 is 0 Å². The first-order valence-corrected chi connectivity index (χ1v) is 7.12. The molecule has 0 unspecified atom stereocenters. The van der Waals surface area contributed by atoms with E-state index in [9.17, 15) is 0 Å². The van der Waals surface area contributed by atoms with Gasteiger partial charge in [0.25, 0.3) is 0 Å². The van der Waals surface area contributed by atoms with Crippen LogP contribution in [0.1, 0.15) is 22.3 Å². The summed E-state index contributed by atoms with van der Waals surface area (Å²) < 4.78 is 10.6. The zero-order valence-corrected chi connectivity index (χ0v) is 13.2. The predicted molar refractivity (Wildman–Crippen MR) is 86.0 cm³/mol. The smallest absolute Gasteiger partial charge is 0.161 e. The van der Waals surface area contributed by atoms with Crippen molar-refractivity contribution in [2.75, 3.05) is 14.2 Å². The third-order valence-corrected chi connectivity index (χ3v) is 3.72. The van der Waals surface area contributed by atoms with E-state index in [0.717, 1.165) is 24.6 Å². The molecule has 2 aromatic rings. The largest absolute Gasteiger partial charge is 0.493 e. The molecule has 0 atom stereocenters. The molecule has 0 bridgehead atoms. The van der Waals surface area contributed by atoms with Crippen molar-refractivity contribution in [1.29, 1.82) is 0 Å². The molecule has 0 aromatic heterocycles. The highest BCUT2D eigenvalue weighted by atomic mass is 16.5. The Hall–Kier alpha value is -2.00. The minimum absolute atomic E-state index is 0.760. The highest BCUT2D eigenvalue weighted by Gasteiger charge is 2.05. The number of hydrogen-bond donors (Lipinski definition) is 1. The van der Waals surface area contributed by atoms with Gasteiger partial charge in [-0.2, -0.15) is 0 Å². The molecule has 2 aromatic carbocycles. The summed E-state index contributed by atoms with van der Waals surface area (Å²) in [4.78, 5) is 0. The van der Waals surface area contributed by atoms with Crippen LogP contribution in [0.5, 0.6) is 11.5 Å². The lowest BCUT2D eigenvalue weighted by Crippen LogP contribution is -2.14. The third kappa shape index (κ3) is 3.76. The number of rotatable bonds is 6. The van der Waals surface area contributed by atoms with E-state index in [1.54, 1.807) is 14.2 Å². The molecule has 112 valence electrons. The van der Waals surface area contributed by atoms with Gasteiger partial charge in [0.1, 0.15) is 0 Å². The zero-order valence-electron chi connectivity index (χ0n) is 13.2. The van der Waals surface area contributed by atoms with Gasteiger partial charge < -0.3 is 14.8 Å². The van der Waals surface area contributed by atoms with Gasteiger partial charge in [0.05, 0.1) is 14.2 Å². The summed E-state index contributed by atoms with van der Waals surface area (Å²) in [5.41, 5.74) is 5.21. The molecule has 0 fully saturated rings. The normalized spacial score (nSPS) is 10.5. The molecule has 3 nitrogen and oxygen atoms in total. The summed E-state index contributed by atoms with van der Waals surface area (Å²) in [5.74, 6) is 1.53. The molecule has 0 heterocycles. The van der Waals surface area contributed by atoms with Crippen molar-refractivity contribution in [2.24, 2.45) is 0 Å². The maximum Gasteiger partial charge on any atom is 0.161 e. The number of benzene rings is 2. The van der Waals surface area contributed by atoms with Crippen LogP contribution in [-0.2, 0) is 13.1 Å². The molecule has 1 N–H and O–H groups in total. The predicted octanol–water partition coefficient (Wildman–Crippen LogP) is 3.61. The van der Waals surface area contributed by atoms with Crippen molar-refractivity contribution in [2.45, 2.75) is 26.9 Å². The van der Waals surface area contributed by atoms with Crippen molar-refractivity contribution < 1.29 is 9.47 Å². The summed E-state index contributed by atoms with van der Waals surface area (Å²) in [7, 11) is 3.31. The SMILES string of the molecule is COc1ccc(CNCc2c(C)cccc2C)cc1OC. The van der Waals surface area contributed by atoms with Gasteiger partial charge in [-0.05, 0) is 48.2 Å².